The summed E-state index contributed by atoms with van der Waals surface area (Å²) in [6.07, 6.45) is 6.78. The lowest BCUT2D eigenvalue weighted by Gasteiger charge is -2.23. The zero-order valence-corrected chi connectivity index (χ0v) is 18.1. The van der Waals surface area contributed by atoms with E-state index >= 15 is 0 Å². The maximum absolute atomic E-state index is 14.9. The number of aryl methyl sites for hydroxylation is 1. The quantitative estimate of drug-likeness (QED) is 0.671. The number of halogens is 1. The van der Waals surface area contributed by atoms with Crippen LogP contribution in [0.5, 0.6) is 11.5 Å². The first-order valence-corrected chi connectivity index (χ1v) is 9.57. The Labute approximate surface area is 184 Å². The van der Waals surface area contributed by atoms with E-state index in [0.29, 0.717) is 23.0 Å². The highest BCUT2D eigenvalue weighted by Crippen LogP contribution is 2.33. The van der Waals surface area contributed by atoms with E-state index in [9.17, 15) is 14.3 Å². The number of hydrogen-bond donors (Lipinski definition) is 1. The molecule has 3 rings (SSSR count). The molecule has 10 nitrogen and oxygen atoms in total. The molecular weight excluding hydrogens is 419 g/mol. The van der Waals surface area contributed by atoms with Gasteiger partial charge in [0, 0.05) is 30.9 Å². The number of aliphatic carboxylic acids is 1. The largest absolute Gasteiger partial charge is 0.497 e. The maximum atomic E-state index is 14.9. The minimum absolute atomic E-state index is 0.0225. The summed E-state index contributed by atoms with van der Waals surface area (Å²) in [7, 11) is 4.53. The smallest absolute Gasteiger partial charge is 0.323 e. The molecule has 0 fully saturated rings. The van der Waals surface area contributed by atoms with Gasteiger partial charge in [0.2, 0.25) is 0 Å². The van der Waals surface area contributed by atoms with Crippen molar-refractivity contribution in [1.82, 2.24) is 9.78 Å². The van der Waals surface area contributed by atoms with Gasteiger partial charge in [0.1, 0.15) is 24.7 Å². The first-order chi connectivity index (χ1) is 15.4. The highest BCUT2D eigenvalue weighted by molar-refractivity contribution is 6.42. The Morgan fingerprint density at radius 1 is 1.34 bits per heavy atom. The lowest BCUT2D eigenvalue weighted by molar-refractivity contribution is -0.135. The summed E-state index contributed by atoms with van der Waals surface area (Å²) in [6.45, 7) is 1.09. The molecule has 1 aliphatic heterocycles. The van der Waals surface area contributed by atoms with Gasteiger partial charge < -0.3 is 19.5 Å². The number of carbonyl (C=O) groups is 1. The van der Waals surface area contributed by atoms with Gasteiger partial charge in [0.25, 0.3) is 0 Å². The van der Waals surface area contributed by atoms with E-state index in [1.165, 1.54) is 31.3 Å². The highest BCUT2D eigenvalue weighted by atomic mass is 19.1. The topological polar surface area (TPSA) is 114 Å². The molecule has 0 saturated carbocycles. The van der Waals surface area contributed by atoms with Crippen molar-refractivity contribution < 1.29 is 23.8 Å². The number of aliphatic imine (C=N–C) groups is 3. The zero-order valence-electron chi connectivity index (χ0n) is 18.1. The monoisotopic (exact) mass is 442 g/mol. The molecule has 2 aromatic rings. The van der Waals surface area contributed by atoms with Gasteiger partial charge in [0.15, 0.2) is 17.4 Å². The van der Waals surface area contributed by atoms with Crippen LogP contribution in [0.15, 0.2) is 51.3 Å². The molecule has 1 aromatic carbocycles. The fourth-order valence-electron chi connectivity index (χ4n) is 2.98. The Morgan fingerprint density at radius 2 is 2.12 bits per heavy atom. The number of allylic oxidation sites excluding steroid dienone is 1. The standard InChI is InChI=1S/C21H23FN6O4/c1-5-15-21(26-16(9-23-15)13-8-25-27(2)10-13)24-12-28(11-19(29)30)17-6-14(31-3)7-18(32-4)20(17)22/h5-10H,11-12H2,1-4H3,(H,29,30)/b15-5+,24-21?. The van der Waals surface area contributed by atoms with Crippen molar-refractivity contribution in [3.63, 3.8) is 0 Å². The van der Waals surface area contributed by atoms with Crippen LogP contribution in [-0.2, 0) is 11.8 Å². The van der Waals surface area contributed by atoms with E-state index < -0.39 is 18.3 Å². The Bertz CT molecular complexity index is 1140. The number of aromatic nitrogens is 2. The second-order valence-corrected chi connectivity index (χ2v) is 6.71. The predicted octanol–water partition coefficient (Wildman–Crippen LogP) is 2.30. The molecule has 1 aliphatic rings. The fraction of sp³-hybridized carbons (Fsp3) is 0.286. The number of carboxylic acid groups (broad SMARTS) is 1. The molecule has 1 aromatic heterocycles. The molecule has 0 saturated heterocycles. The van der Waals surface area contributed by atoms with Gasteiger partial charge in [-0.1, -0.05) is 6.08 Å². The number of benzene rings is 1. The minimum atomic E-state index is -1.15. The summed E-state index contributed by atoms with van der Waals surface area (Å²) in [4.78, 5) is 26.1. The van der Waals surface area contributed by atoms with E-state index in [4.69, 9.17) is 9.47 Å². The first-order valence-electron chi connectivity index (χ1n) is 9.57. The molecule has 0 aliphatic carbocycles. The Balaban J connectivity index is 1.99. The van der Waals surface area contributed by atoms with Crippen LogP contribution < -0.4 is 14.4 Å². The Hall–Kier alpha value is -4.02. The van der Waals surface area contributed by atoms with Crippen LogP contribution in [0.3, 0.4) is 0 Å². The molecule has 0 spiro atoms. The van der Waals surface area contributed by atoms with Crippen LogP contribution in [0.4, 0.5) is 10.1 Å². The highest BCUT2D eigenvalue weighted by Gasteiger charge is 2.21. The van der Waals surface area contributed by atoms with Gasteiger partial charge in [-0.15, -0.1) is 0 Å². The number of anilines is 1. The third-order valence-electron chi connectivity index (χ3n) is 4.56. The Kier molecular flexibility index (Phi) is 6.98. The molecule has 11 heteroatoms. The average molecular weight is 442 g/mol. The van der Waals surface area contributed by atoms with E-state index in [2.05, 4.69) is 20.1 Å². The van der Waals surface area contributed by atoms with Gasteiger partial charge in [-0.3, -0.25) is 14.5 Å². The van der Waals surface area contributed by atoms with Crippen LogP contribution in [0.25, 0.3) is 0 Å². The number of nitrogens with zero attached hydrogens (tertiary/aromatic N) is 6. The van der Waals surface area contributed by atoms with Gasteiger partial charge in [0.05, 0.1) is 38.0 Å². The third-order valence-corrected chi connectivity index (χ3v) is 4.56. The van der Waals surface area contributed by atoms with Crippen LogP contribution in [-0.4, -0.2) is 66.1 Å². The normalized spacial score (nSPS) is 15.7. The number of carboxylic acids is 1. The summed E-state index contributed by atoms with van der Waals surface area (Å²) >= 11 is 0. The average Bonchev–Trinajstić information content (AvgIpc) is 3.22. The molecule has 1 N–H and O–H groups in total. The molecule has 0 unspecified atom stereocenters. The molecule has 32 heavy (non-hydrogen) atoms. The predicted molar refractivity (Wildman–Crippen MR) is 119 cm³/mol. The number of methoxy groups -OCH3 is 2. The molecule has 0 atom stereocenters. The summed E-state index contributed by atoms with van der Waals surface area (Å²) in [5.41, 5.74) is 1.80. The fourth-order valence-corrected chi connectivity index (χ4v) is 2.98. The van der Waals surface area contributed by atoms with Crippen molar-refractivity contribution in [2.24, 2.45) is 22.0 Å². The van der Waals surface area contributed by atoms with Crippen LogP contribution in [0, 0.1) is 5.82 Å². The summed E-state index contributed by atoms with van der Waals surface area (Å²) < 4.78 is 26.8. The SMILES string of the molecule is C/C=C1/N=CC(c2cnn(C)c2)=NC1=NCN(CC(=O)O)c1cc(OC)cc(OC)c1F. The second-order valence-electron chi connectivity index (χ2n) is 6.71. The third kappa shape index (κ3) is 4.99. The Morgan fingerprint density at radius 3 is 2.72 bits per heavy atom. The molecular formula is C21H23FN6O4. The van der Waals surface area contributed by atoms with Gasteiger partial charge in [-0.05, 0) is 6.92 Å². The van der Waals surface area contributed by atoms with Crippen molar-refractivity contribution in [1.29, 1.82) is 0 Å². The maximum Gasteiger partial charge on any atom is 0.323 e. The first kappa shape index (κ1) is 22.7. The van der Waals surface area contributed by atoms with E-state index in [-0.39, 0.29) is 18.1 Å². The van der Waals surface area contributed by atoms with E-state index in [1.54, 1.807) is 43.3 Å². The van der Waals surface area contributed by atoms with Crippen molar-refractivity contribution in [2.45, 2.75) is 6.92 Å². The minimum Gasteiger partial charge on any atom is -0.497 e. The lowest BCUT2D eigenvalue weighted by atomic mass is 10.2. The van der Waals surface area contributed by atoms with Crippen LogP contribution in [0.2, 0.25) is 0 Å². The van der Waals surface area contributed by atoms with Crippen molar-refractivity contribution in [3.8, 4) is 11.5 Å². The molecule has 0 bridgehead atoms. The molecule has 168 valence electrons. The van der Waals surface area contributed by atoms with Crippen LogP contribution >= 0.6 is 0 Å². The zero-order chi connectivity index (χ0) is 23.3. The van der Waals surface area contributed by atoms with Gasteiger partial charge >= 0.3 is 5.97 Å². The lowest BCUT2D eigenvalue weighted by Crippen LogP contribution is -2.31. The van der Waals surface area contributed by atoms with Crippen molar-refractivity contribution in [3.05, 3.63) is 47.7 Å². The van der Waals surface area contributed by atoms with Gasteiger partial charge in [-0.25, -0.2) is 14.4 Å². The summed E-state index contributed by atoms with van der Waals surface area (Å²) in [5.74, 6) is -1.34. The number of ether oxygens (including phenoxy) is 2. The van der Waals surface area contributed by atoms with E-state index in [0.717, 1.165) is 5.56 Å². The molecule has 0 radical (unpaired) electrons. The summed E-state index contributed by atoms with van der Waals surface area (Å²) in [6, 6.07) is 2.77. The number of rotatable bonds is 8. The summed E-state index contributed by atoms with van der Waals surface area (Å²) in [5, 5.41) is 13.5. The van der Waals surface area contributed by atoms with Gasteiger partial charge in [-0.2, -0.15) is 5.10 Å². The molecule has 2 heterocycles. The second kappa shape index (κ2) is 9.86. The van der Waals surface area contributed by atoms with E-state index in [1.807, 2.05) is 0 Å². The van der Waals surface area contributed by atoms with Crippen molar-refractivity contribution in [2.75, 3.05) is 32.3 Å². The number of hydrogen-bond acceptors (Lipinski definition) is 7. The molecule has 0 amide bonds. The number of amidine groups is 1. The van der Waals surface area contributed by atoms with Crippen molar-refractivity contribution >= 4 is 29.4 Å². The van der Waals surface area contributed by atoms with Crippen LogP contribution in [0.1, 0.15) is 12.5 Å².